The van der Waals surface area contributed by atoms with Crippen molar-refractivity contribution < 1.29 is 5.11 Å². The van der Waals surface area contributed by atoms with Crippen molar-refractivity contribution in [2.75, 3.05) is 13.1 Å². The zero-order valence-corrected chi connectivity index (χ0v) is 9.23. The summed E-state index contributed by atoms with van der Waals surface area (Å²) in [5, 5.41) is 16.6. The van der Waals surface area contributed by atoms with E-state index in [4.69, 9.17) is 0 Å². The minimum atomic E-state index is -0.571. The third-order valence-electron chi connectivity index (χ3n) is 2.63. The molecule has 78 valence electrons. The van der Waals surface area contributed by atoms with Crippen molar-refractivity contribution >= 4 is 11.3 Å². The Hall–Kier alpha value is -0.450. The Morgan fingerprint density at radius 3 is 3.14 bits per heavy atom. The van der Waals surface area contributed by atoms with E-state index in [9.17, 15) is 5.11 Å². The normalized spacial score (nSPS) is 27.9. The van der Waals surface area contributed by atoms with Crippen LogP contribution in [0.15, 0.2) is 5.38 Å². The molecule has 1 saturated heterocycles. The van der Waals surface area contributed by atoms with Crippen LogP contribution in [0.2, 0.25) is 0 Å². The number of aryl methyl sites for hydroxylation is 1. The number of aromatic nitrogens is 1. The van der Waals surface area contributed by atoms with Gasteiger partial charge < -0.3 is 10.4 Å². The maximum Gasteiger partial charge on any atom is 0.0897 e. The molecule has 4 heteroatoms. The molecular weight excluding hydrogens is 196 g/mol. The number of hydrogen-bond donors (Lipinski definition) is 2. The van der Waals surface area contributed by atoms with Gasteiger partial charge >= 0.3 is 0 Å². The highest BCUT2D eigenvalue weighted by atomic mass is 32.1. The molecule has 1 atom stereocenters. The predicted octanol–water partition coefficient (Wildman–Crippen LogP) is 1.11. The molecule has 1 aromatic rings. The van der Waals surface area contributed by atoms with Gasteiger partial charge in [0.2, 0.25) is 0 Å². The molecule has 0 aromatic carbocycles. The van der Waals surface area contributed by atoms with Crippen molar-refractivity contribution in [3.05, 3.63) is 16.1 Å². The molecule has 0 bridgehead atoms. The summed E-state index contributed by atoms with van der Waals surface area (Å²) in [4.78, 5) is 4.38. The molecule has 1 aromatic heterocycles. The Morgan fingerprint density at radius 2 is 2.57 bits per heavy atom. The zero-order valence-electron chi connectivity index (χ0n) is 8.42. The van der Waals surface area contributed by atoms with E-state index in [1.165, 1.54) is 0 Å². The lowest BCUT2D eigenvalue weighted by Crippen LogP contribution is -2.47. The molecule has 1 fully saturated rings. The molecule has 14 heavy (non-hydrogen) atoms. The second kappa shape index (κ2) is 3.96. The van der Waals surface area contributed by atoms with Gasteiger partial charge in [-0.05, 0) is 26.3 Å². The van der Waals surface area contributed by atoms with Crippen molar-refractivity contribution in [3.8, 4) is 0 Å². The van der Waals surface area contributed by atoms with E-state index in [1.54, 1.807) is 11.3 Å². The first-order valence-electron chi connectivity index (χ1n) is 5.02. The van der Waals surface area contributed by atoms with Gasteiger partial charge in [0, 0.05) is 18.3 Å². The van der Waals surface area contributed by atoms with Crippen LogP contribution < -0.4 is 5.32 Å². The van der Waals surface area contributed by atoms with E-state index in [0.29, 0.717) is 13.0 Å². The van der Waals surface area contributed by atoms with Crippen LogP contribution in [0.5, 0.6) is 0 Å². The van der Waals surface area contributed by atoms with Gasteiger partial charge in [0.25, 0.3) is 0 Å². The summed E-state index contributed by atoms with van der Waals surface area (Å²) in [5.41, 5.74) is 0.456. The van der Waals surface area contributed by atoms with Crippen molar-refractivity contribution in [1.82, 2.24) is 10.3 Å². The Morgan fingerprint density at radius 1 is 1.71 bits per heavy atom. The van der Waals surface area contributed by atoms with E-state index in [1.807, 2.05) is 12.3 Å². The Labute approximate surface area is 88.2 Å². The first-order valence-corrected chi connectivity index (χ1v) is 5.90. The highest BCUT2D eigenvalue weighted by Crippen LogP contribution is 2.22. The summed E-state index contributed by atoms with van der Waals surface area (Å²) >= 11 is 1.65. The summed E-state index contributed by atoms with van der Waals surface area (Å²) < 4.78 is 0. The fourth-order valence-corrected chi connectivity index (χ4v) is 2.54. The van der Waals surface area contributed by atoms with Crippen LogP contribution in [-0.4, -0.2) is 28.8 Å². The maximum atomic E-state index is 10.2. The fourth-order valence-electron chi connectivity index (χ4n) is 1.93. The fraction of sp³-hybridized carbons (Fsp3) is 0.700. The molecule has 1 aliphatic heterocycles. The molecule has 2 rings (SSSR count). The number of aliphatic hydroxyl groups is 1. The summed E-state index contributed by atoms with van der Waals surface area (Å²) in [5.74, 6) is 0. The van der Waals surface area contributed by atoms with Gasteiger partial charge in [-0.1, -0.05) is 0 Å². The lowest BCUT2D eigenvalue weighted by Gasteiger charge is -2.32. The first kappa shape index (κ1) is 10.1. The largest absolute Gasteiger partial charge is 0.388 e. The third kappa shape index (κ3) is 2.32. The minimum absolute atomic E-state index is 0.571. The number of β-amino-alcohol motifs (C(OH)–C–C–N with tert-alkyl or cyclic N) is 1. The standard InChI is InChI=1S/C10H16N2OS/c1-8-12-9(6-14-8)5-10(13)3-2-4-11-7-10/h6,11,13H,2-5,7H2,1H3. The summed E-state index contributed by atoms with van der Waals surface area (Å²) in [6, 6.07) is 0. The Bertz CT molecular complexity index is 305. The number of thiazole rings is 1. The van der Waals surface area contributed by atoms with Gasteiger partial charge in [0.05, 0.1) is 16.3 Å². The monoisotopic (exact) mass is 212 g/mol. The highest BCUT2D eigenvalue weighted by molar-refractivity contribution is 7.09. The van der Waals surface area contributed by atoms with Crippen LogP contribution in [0.3, 0.4) is 0 Å². The van der Waals surface area contributed by atoms with Gasteiger partial charge in [0.15, 0.2) is 0 Å². The number of hydrogen-bond acceptors (Lipinski definition) is 4. The van der Waals surface area contributed by atoms with Crippen LogP contribution in [0.4, 0.5) is 0 Å². The Kier molecular flexibility index (Phi) is 2.85. The van der Waals surface area contributed by atoms with Gasteiger partial charge in [-0.2, -0.15) is 0 Å². The molecule has 1 unspecified atom stereocenters. The predicted molar refractivity (Wildman–Crippen MR) is 57.6 cm³/mol. The SMILES string of the molecule is Cc1nc(CC2(O)CCCNC2)cs1. The maximum absolute atomic E-state index is 10.2. The van der Waals surface area contributed by atoms with Crippen LogP contribution >= 0.6 is 11.3 Å². The van der Waals surface area contributed by atoms with Crippen molar-refractivity contribution in [2.24, 2.45) is 0 Å². The number of piperidine rings is 1. The molecule has 0 spiro atoms. The summed E-state index contributed by atoms with van der Waals surface area (Å²) in [7, 11) is 0. The molecule has 1 aliphatic rings. The van der Waals surface area contributed by atoms with Crippen molar-refractivity contribution in [3.63, 3.8) is 0 Å². The lowest BCUT2D eigenvalue weighted by molar-refractivity contribution is 0.0162. The molecule has 2 N–H and O–H groups in total. The van der Waals surface area contributed by atoms with Crippen molar-refractivity contribution in [2.45, 2.75) is 31.8 Å². The van der Waals surface area contributed by atoms with Crippen LogP contribution in [0.25, 0.3) is 0 Å². The number of rotatable bonds is 2. The van der Waals surface area contributed by atoms with Gasteiger partial charge in [-0.3, -0.25) is 0 Å². The van der Waals surface area contributed by atoms with Crippen LogP contribution in [0, 0.1) is 6.92 Å². The van der Waals surface area contributed by atoms with E-state index in [2.05, 4.69) is 10.3 Å². The third-order valence-corrected chi connectivity index (χ3v) is 3.45. The summed E-state index contributed by atoms with van der Waals surface area (Å²) in [6.45, 7) is 3.72. The zero-order chi connectivity index (χ0) is 10.0. The molecular formula is C10H16N2OS. The van der Waals surface area contributed by atoms with Gasteiger partial charge in [-0.15, -0.1) is 11.3 Å². The second-order valence-corrected chi connectivity index (χ2v) is 5.10. The molecule has 0 amide bonds. The van der Waals surface area contributed by atoms with E-state index in [0.717, 1.165) is 30.1 Å². The van der Waals surface area contributed by atoms with E-state index < -0.39 is 5.60 Å². The number of nitrogens with one attached hydrogen (secondary N) is 1. The molecule has 3 nitrogen and oxygen atoms in total. The average molecular weight is 212 g/mol. The Balaban J connectivity index is 2.01. The summed E-state index contributed by atoms with van der Waals surface area (Å²) in [6.07, 6.45) is 2.63. The first-order chi connectivity index (χ1) is 6.68. The van der Waals surface area contributed by atoms with Crippen molar-refractivity contribution in [1.29, 1.82) is 0 Å². The van der Waals surface area contributed by atoms with E-state index in [-0.39, 0.29) is 0 Å². The second-order valence-electron chi connectivity index (χ2n) is 4.04. The lowest BCUT2D eigenvalue weighted by atomic mass is 9.90. The smallest absolute Gasteiger partial charge is 0.0897 e. The van der Waals surface area contributed by atoms with Gasteiger partial charge in [0.1, 0.15) is 0 Å². The average Bonchev–Trinajstić information content (AvgIpc) is 2.51. The minimum Gasteiger partial charge on any atom is -0.388 e. The van der Waals surface area contributed by atoms with Gasteiger partial charge in [-0.25, -0.2) is 4.98 Å². The topological polar surface area (TPSA) is 45.2 Å². The van der Waals surface area contributed by atoms with E-state index >= 15 is 0 Å². The van der Waals surface area contributed by atoms with Crippen LogP contribution in [0.1, 0.15) is 23.5 Å². The van der Waals surface area contributed by atoms with Crippen LogP contribution in [-0.2, 0) is 6.42 Å². The highest BCUT2D eigenvalue weighted by Gasteiger charge is 2.29. The molecule has 0 aliphatic carbocycles. The molecule has 0 radical (unpaired) electrons. The quantitative estimate of drug-likeness (QED) is 0.772. The molecule has 0 saturated carbocycles. The molecule has 2 heterocycles. The number of nitrogens with zero attached hydrogens (tertiary/aromatic N) is 1.